The second-order valence-corrected chi connectivity index (χ2v) is 4.05. The maximum atomic E-state index is 5.74. The minimum atomic E-state index is 0.170. The molecular weight excluding hydrogens is 192 g/mol. The Bertz CT molecular complexity index is 364. The third-order valence-electron chi connectivity index (χ3n) is 3.06. The van der Waals surface area contributed by atoms with Crippen LogP contribution in [0.15, 0.2) is 24.3 Å². The van der Waals surface area contributed by atoms with E-state index in [1.165, 1.54) is 5.56 Å². The van der Waals surface area contributed by atoms with E-state index in [1.807, 2.05) is 18.2 Å². The summed E-state index contributed by atoms with van der Waals surface area (Å²) in [6, 6.07) is 8.06. The Labute approximate surface area is 89.0 Å². The average Bonchev–Trinajstić information content (AvgIpc) is 3.07. The molecule has 1 aromatic rings. The van der Waals surface area contributed by atoms with Gasteiger partial charge in [-0.3, -0.25) is 0 Å². The van der Waals surface area contributed by atoms with E-state index in [-0.39, 0.29) is 6.10 Å². The van der Waals surface area contributed by atoms with Crippen molar-refractivity contribution in [1.82, 2.24) is 0 Å². The van der Waals surface area contributed by atoms with Crippen LogP contribution in [0.4, 0.5) is 0 Å². The summed E-state index contributed by atoms with van der Waals surface area (Å²) in [5.41, 5.74) is 1.18. The first kappa shape index (κ1) is 9.19. The molecule has 2 heterocycles. The highest BCUT2D eigenvalue weighted by atomic mass is 16.6. The first-order valence-electron chi connectivity index (χ1n) is 5.28. The van der Waals surface area contributed by atoms with Crippen molar-refractivity contribution < 1.29 is 14.2 Å². The Hall–Kier alpha value is -1.06. The van der Waals surface area contributed by atoms with E-state index in [9.17, 15) is 0 Å². The third kappa shape index (κ3) is 1.73. The maximum absolute atomic E-state index is 5.74. The number of benzene rings is 1. The molecule has 0 bridgehead atoms. The summed E-state index contributed by atoms with van der Waals surface area (Å²) < 4.78 is 16.4. The Morgan fingerprint density at radius 2 is 2.27 bits per heavy atom. The van der Waals surface area contributed by atoms with Crippen LogP contribution in [0.2, 0.25) is 0 Å². The monoisotopic (exact) mass is 206 g/mol. The minimum absolute atomic E-state index is 0.170. The molecule has 0 amide bonds. The standard InChI is InChI=1S/C12H14O3/c1-13-9-4-2-3-8(5-9)10-6-11-12(15-11)7-14-10/h2-5,10-12H,6-7H2,1H3/t10-,11+,12-/m1/s1. The van der Waals surface area contributed by atoms with Gasteiger partial charge in [-0.15, -0.1) is 0 Å². The van der Waals surface area contributed by atoms with Crippen LogP contribution in [0.3, 0.4) is 0 Å². The van der Waals surface area contributed by atoms with Crippen LogP contribution in [0.25, 0.3) is 0 Å². The van der Waals surface area contributed by atoms with E-state index in [0.29, 0.717) is 12.2 Å². The third-order valence-corrected chi connectivity index (χ3v) is 3.06. The van der Waals surface area contributed by atoms with Crippen LogP contribution < -0.4 is 4.74 Å². The maximum Gasteiger partial charge on any atom is 0.119 e. The van der Waals surface area contributed by atoms with Crippen molar-refractivity contribution in [2.45, 2.75) is 24.7 Å². The summed E-state index contributed by atoms with van der Waals surface area (Å²) in [6.45, 7) is 0.729. The molecule has 0 aliphatic carbocycles. The summed E-state index contributed by atoms with van der Waals surface area (Å²) >= 11 is 0. The number of methoxy groups -OCH3 is 1. The van der Waals surface area contributed by atoms with Crippen molar-refractivity contribution in [3.8, 4) is 5.75 Å². The lowest BCUT2D eigenvalue weighted by atomic mass is 10.0. The predicted molar refractivity (Wildman–Crippen MR) is 55.0 cm³/mol. The Morgan fingerprint density at radius 1 is 1.33 bits per heavy atom. The minimum Gasteiger partial charge on any atom is -0.497 e. The van der Waals surface area contributed by atoms with Gasteiger partial charge < -0.3 is 14.2 Å². The van der Waals surface area contributed by atoms with Crippen LogP contribution in [0, 0.1) is 0 Å². The van der Waals surface area contributed by atoms with Crippen molar-refractivity contribution in [1.29, 1.82) is 0 Å². The number of fused-ring (bicyclic) bond motifs is 1. The summed E-state index contributed by atoms with van der Waals surface area (Å²) in [4.78, 5) is 0. The Balaban J connectivity index is 1.78. The lowest BCUT2D eigenvalue weighted by Gasteiger charge is -2.20. The zero-order valence-corrected chi connectivity index (χ0v) is 8.68. The highest BCUT2D eigenvalue weighted by Gasteiger charge is 2.45. The number of ether oxygens (including phenoxy) is 3. The molecule has 2 fully saturated rings. The van der Waals surface area contributed by atoms with Gasteiger partial charge in [-0.2, -0.15) is 0 Å². The van der Waals surface area contributed by atoms with Crippen molar-refractivity contribution in [3.63, 3.8) is 0 Å². The molecule has 0 unspecified atom stereocenters. The van der Waals surface area contributed by atoms with Gasteiger partial charge >= 0.3 is 0 Å². The number of hydrogen-bond donors (Lipinski definition) is 0. The molecule has 15 heavy (non-hydrogen) atoms. The zero-order chi connectivity index (χ0) is 10.3. The van der Waals surface area contributed by atoms with Gasteiger partial charge in [0, 0.05) is 6.42 Å². The zero-order valence-electron chi connectivity index (χ0n) is 8.68. The van der Waals surface area contributed by atoms with Crippen LogP contribution in [0.1, 0.15) is 18.1 Å². The van der Waals surface area contributed by atoms with Gasteiger partial charge in [0.2, 0.25) is 0 Å². The van der Waals surface area contributed by atoms with E-state index < -0.39 is 0 Å². The van der Waals surface area contributed by atoms with E-state index in [0.717, 1.165) is 18.8 Å². The van der Waals surface area contributed by atoms with Gasteiger partial charge in [-0.25, -0.2) is 0 Å². The molecule has 0 saturated carbocycles. The van der Waals surface area contributed by atoms with Crippen molar-refractivity contribution in [2.24, 2.45) is 0 Å². The lowest BCUT2D eigenvalue weighted by molar-refractivity contribution is 0.0288. The number of rotatable bonds is 2. The highest BCUT2D eigenvalue weighted by molar-refractivity contribution is 5.30. The van der Waals surface area contributed by atoms with Gasteiger partial charge in [-0.05, 0) is 17.7 Å². The molecule has 2 aliphatic heterocycles. The topological polar surface area (TPSA) is 31.0 Å². The molecule has 2 aliphatic rings. The van der Waals surface area contributed by atoms with Gasteiger partial charge in [0.15, 0.2) is 0 Å². The van der Waals surface area contributed by atoms with E-state index >= 15 is 0 Å². The van der Waals surface area contributed by atoms with Crippen LogP contribution in [-0.2, 0) is 9.47 Å². The second kappa shape index (κ2) is 3.51. The molecule has 80 valence electrons. The fraction of sp³-hybridized carbons (Fsp3) is 0.500. The molecule has 0 spiro atoms. The molecule has 3 rings (SSSR count). The summed E-state index contributed by atoms with van der Waals surface area (Å²) in [6.07, 6.45) is 1.93. The van der Waals surface area contributed by atoms with Gasteiger partial charge in [0.25, 0.3) is 0 Å². The smallest absolute Gasteiger partial charge is 0.119 e. The van der Waals surface area contributed by atoms with Gasteiger partial charge in [0.1, 0.15) is 11.9 Å². The molecule has 3 nitrogen and oxygen atoms in total. The second-order valence-electron chi connectivity index (χ2n) is 4.05. The molecule has 3 atom stereocenters. The fourth-order valence-electron chi connectivity index (χ4n) is 2.10. The summed E-state index contributed by atoms with van der Waals surface area (Å²) in [7, 11) is 1.68. The Morgan fingerprint density at radius 3 is 3.07 bits per heavy atom. The number of epoxide rings is 1. The molecule has 3 heteroatoms. The van der Waals surface area contributed by atoms with E-state index in [1.54, 1.807) is 7.11 Å². The van der Waals surface area contributed by atoms with Crippen molar-refractivity contribution in [2.75, 3.05) is 13.7 Å². The van der Waals surface area contributed by atoms with Crippen molar-refractivity contribution >= 4 is 0 Å². The van der Waals surface area contributed by atoms with Crippen LogP contribution in [-0.4, -0.2) is 25.9 Å². The molecule has 0 N–H and O–H groups in total. The quantitative estimate of drug-likeness (QED) is 0.693. The normalized spacial score (nSPS) is 33.3. The van der Waals surface area contributed by atoms with Crippen LogP contribution >= 0.6 is 0 Å². The fourth-order valence-corrected chi connectivity index (χ4v) is 2.10. The molecule has 2 saturated heterocycles. The average molecular weight is 206 g/mol. The Kier molecular flexibility index (Phi) is 2.15. The van der Waals surface area contributed by atoms with E-state index in [4.69, 9.17) is 14.2 Å². The van der Waals surface area contributed by atoms with Gasteiger partial charge in [0.05, 0.1) is 25.9 Å². The van der Waals surface area contributed by atoms with Gasteiger partial charge in [-0.1, -0.05) is 12.1 Å². The first-order valence-corrected chi connectivity index (χ1v) is 5.28. The van der Waals surface area contributed by atoms with E-state index in [2.05, 4.69) is 6.07 Å². The number of hydrogen-bond acceptors (Lipinski definition) is 3. The summed E-state index contributed by atoms with van der Waals surface area (Å²) in [5.74, 6) is 0.884. The molecular formula is C12H14O3. The molecule has 0 aromatic heterocycles. The van der Waals surface area contributed by atoms with Crippen molar-refractivity contribution in [3.05, 3.63) is 29.8 Å². The molecule has 1 aromatic carbocycles. The lowest BCUT2D eigenvalue weighted by Crippen LogP contribution is -2.18. The largest absolute Gasteiger partial charge is 0.497 e. The highest BCUT2D eigenvalue weighted by Crippen LogP contribution is 2.39. The van der Waals surface area contributed by atoms with Crippen LogP contribution in [0.5, 0.6) is 5.75 Å². The SMILES string of the molecule is COc1cccc([C@H]2C[C@@H]3O[C@@H]3CO2)c1. The molecule has 0 radical (unpaired) electrons. The predicted octanol–water partition coefficient (Wildman–Crippen LogP) is 1.92. The summed E-state index contributed by atoms with van der Waals surface area (Å²) in [5, 5.41) is 0. The first-order chi connectivity index (χ1) is 7.36.